The summed E-state index contributed by atoms with van der Waals surface area (Å²) < 4.78 is 35.4. The Morgan fingerprint density at radius 3 is 2.26 bits per heavy atom. The van der Waals surface area contributed by atoms with Crippen LogP contribution >= 0.6 is 15.9 Å². The molecule has 4 aromatic rings. The van der Waals surface area contributed by atoms with Gasteiger partial charge in [0.25, 0.3) is 15.7 Å². The third kappa shape index (κ3) is 8.74. The Hall–Kier alpha value is -4.75. The van der Waals surface area contributed by atoms with Gasteiger partial charge < -0.3 is 15.0 Å². The van der Waals surface area contributed by atoms with E-state index in [0.717, 1.165) is 20.4 Å². The number of nitro groups is 1. The Balaban J connectivity index is 1.83. The molecule has 0 aliphatic rings. The number of methoxy groups -OCH3 is 1. The lowest BCUT2D eigenvalue weighted by Gasteiger charge is -2.34. The molecular formula is C34H35BrN4O7S. The van der Waals surface area contributed by atoms with Crippen molar-refractivity contribution in [2.24, 2.45) is 0 Å². The Morgan fingerprint density at radius 2 is 1.64 bits per heavy atom. The maximum absolute atomic E-state index is 14.5. The van der Waals surface area contributed by atoms with E-state index in [-0.39, 0.29) is 34.8 Å². The highest BCUT2D eigenvalue weighted by Crippen LogP contribution is 2.30. The molecule has 2 amide bonds. The zero-order valence-corrected chi connectivity index (χ0v) is 28.5. The minimum absolute atomic E-state index is 0.000584. The zero-order valence-electron chi connectivity index (χ0n) is 26.1. The van der Waals surface area contributed by atoms with E-state index in [9.17, 15) is 28.1 Å². The van der Waals surface area contributed by atoms with E-state index >= 15 is 0 Å². The number of halogens is 1. The van der Waals surface area contributed by atoms with Crippen molar-refractivity contribution in [3.63, 3.8) is 0 Å². The molecule has 4 aromatic carbocycles. The summed E-state index contributed by atoms with van der Waals surface area (Å²) in [6, 6.07) is 25.2. The Labute approximate surface area is 282 Å². The van der Waals surface area contributed by atoms with Crippen LogP contribution in [0.4, 0.5) is 11.4 Å². The van der Waals surface area contributed by atoms with Crippen LogP contribution in [0.1, 0.15) is 23.6 Å². The van der Waals surface area contributed by atoms with Crippen molar-refractivity contribution >= 4 is 49.1 Å². The number of nitrogens with zero attached hydrogens (tertiary/aromatic N) is 3. The minimum Gasteiger partial charge on any atom is -0.497 e. The van der Waals surface area contributed by atoms with Crippen LogP contribution in [0.5, 0.6) is 5.75 Å². The van der Waals surface area contributed by atoms with Crippen LogP contribution < -0.4 is 14.4 Å². The topological polar surface area (TPSA) is 139 Å². The van der Waals surface area contributed by atoms with Crippen LogP contribution in [-0.2, 0) is 32.6 Å². The molecule has 0 heterocycles. The standard InChI is InChI=1S/C34H35BrN4O7S/c1-4-36-34(41)32(20-25-9-6-5-7-10-25)37(22-26-11-8-12-27(35)19-26)33(40)23-38(28-14-16-29(46-3)17-15-28)47(44,45)30-18-13-24(2)31(21-30)39(42)43/h5-19,21,32H,4,20,22-23H2,1-3H3,(H,36,41). The average molecular weight is 724 g/mol. The molecule has 0 saturated carbocycles. The third-order valence-electron chi connectivity index (χ3n) is 7.47. The summed E-state index contributed by atoms with van der Waals surface area (Å²) in [6.07, 6.45) is 0.172. The van der Waals surface area contributed by atoms with Gasteiger partial charge in [0.2, 0.25) is 11.8 Å². The van der Waals surface area contributed by atoms with Gasteiger partial charge in [0, 0.05) is 35.6 Å². The number of carbonyl (C=O) groups is 2. The first-order chi connectivity index (χ1) is 22.4. The molecule has 0 fully saturated rings. The fraction of sp³-hybridized carbons (Fsp3) is 0.235. The van der Waals surface area contributed by atoms with Crippen molar-refractivity contribution in [1.29, 1.82) is 0 Å². The number of hydrogen-bond acceptors (Lipinski definition) is 7. The second-order valence-corrected chi connectivity index (χ2v) is 13.4. The second kappa shape index (κ2) is 15.7. The van der Waals surface area contributed by atoms with Gasteiger partial charge in [-0.25, -0.2) is 8.42 Å². The van der Waals surface area contributed by atoms with Crippen molar-refractivity contribution in [3.8, 4) is 5.75 Å². The molecule has 1 N–H and O–H groups in total. The van der Waals surface area contributed by atoms with Gasteiger partial charge in [0.1, 0.15) is 18.3 Å². The van der Waals surface area contributed by atoms with Crippen molar-refractivity contribution < 1.29 is 27.7 Å². The van der Waals surface area contributed by atoms with E-state index in [4.69, 9.17) is 4.74 Å². The van der Waals surface area contributed by atoms with E-state index in [1.807, 2.05) is 48.5 Å². The van der Waals surface area contributed by atoms with E-state index in [2.05, 4.69) is 21.2 Å². The molecule has 0 radical (unpaired) electrons. The fourth-order valence-electron chi connectivity index (χ4n) is 5.03. The lowest BCUT2D eigenvalue weighted by atomic mass is 10.0. The quantitative estimate of drug-likeness (QED) is 0.131. The number of nitrogens with one attached hydrogen (secondary N) is 1. The molecule has 0 aliphatic carbocycles. The Kier molecular flexibility index (Phi) is 11.7. The number of aryl methyl sites for hydroxylation is 1. The summed E-state index contributed by atoms with van der Waals surface area (Å²) in [5.41, 5.74) is 1.56. The lowest BCUT2D eigenvalue weighted by Crippen LogP contribution is -2.53. The number of hydrogen-bond donors (Lipinski definition) is 1. The summed E-state index contributed by atoms with van der Waals surface area (Å²) in [5.74, 6) is -0.593. The summed E-state index contributed by atoms with van der Waals surface area (Å²) in [6.45, 7) is 2.90. The highest BCUT2D eigenvalue weighted by molar-refractivity contribution is 9.10. The minimum atomic E-state index is -4.54. The first kappa shape index (κ1) is 35.1. The number of anilines is 1. The number of rotatable bonds is 14. The molecule has 0 saturated heterocycles. The maximum atomic E-state index is 14.5. The maximum Gasteiger partial charge on any atom is 0.273 e. The molecule has 11 nitrogen and oxygen atoms in total. The highest BCUT2D eigenvalue weighted by Gasteiger charge is 2.35. The van der Waals surface area contributed by atoms with Crippen LogP contribution in [0.15, 0.2) is 106 Å². The molecule has 0 aromatic heterocycles. The number of carbonyl (C=O) groups excluding carboxylic acids is 2. The van der Waals surface area contributed by atoms with Crippen molar-refractivity contribution in [3.05, 3.63) is 128 Å². The lowest BCUT2D eigenvalue weighted by molar-refractivity contribution is -0.385. The van der Waals surface area contributed by atoms with Crippen molar-refractivity contribution in [2.45, 2.75) is 37.8 Å². The molecule has 13 heteroatoms. The monoisotopic (exact) mass is 722 g/mol. The molecule has 47 heavy (non-hydrogen) atoms. The van der Waals surface area contributed by atoms with Crippen LogP contribution in [0.3, 0.4) is 0 Å². The van der Waals surface area contributed by atoms with Gasteiger partial charge in [-0.05, 0) is 67.4 Å². The largest absolute Gasteiger partial charge is 0.497 e. The smallest absolute Gasteiger partial charge is 0.273 e. The van der Waals surface area contributed by atoms with Crippen LogP contribution in [0.25, 0.3) is 0 Å². The van der Waals surface area contributed by atoms with Gasteiger partial charge in [0.05, 0.1) is 22.6 Å². The van der Waals surface area contributed by atoms with Crippen LogP contribution in [0.2, 0.25) is 0 Å². The molecular weight excluding hydrogens is 688 g/mol. The van der Waals surface area contributed by atoms with Crippen LogP contribution in [-0.4, -0.2) is 56.3 Å². The molecule has 0 bridgehead atoms. The summed E-state index contributed by atoms with van der Waals surface area (Å²) in [4.78, 5) is 40.1. The number of likely N-dealkylation sites (N-methyl/N-ethyl adjacent to an activating group) is 1. The van der Waals surface area contributed by atoms with Gasteiger partial charge in [-0.15, -0.1) is 0 Å². The van der Waals surface area contributed by atoms with E-state index in [0.29, 0.717) is 17.9 Å². The Morgan fingerprint density at radius 1 is 0.957 bits per heavy atom. The predicted octanol–water partition coefficient (Wildman–Crippen LogP) is 5.65. The average Bonchev–Trinajstić information content (AvgIpc) is 3.05. The summed E-state index contributed by atoms with van der Waals surface area (Å²) >= 11 is 3.46. The zero-order chi connectivity index (χ0) is 34.1. The molecule has 0 spiro atoms. The van der Waals surface area contributed by atoms with E-state index in [1.54, 1.807) is 25.1 Å². The normalized spacial score (nSPS) is 11.7. The molecule has 246 valence electrons. The van der Waals surface area contributed by atoms with Gasteiger partial charge >= 0.3 is 0 Å². The first-order valence-electron chi connectivity index (χ1n) is 14.7. The van der Waals surface area contributed by atoms with Gasteiger partial charge in [-0.2, -0.15) is 0 Å². The highest BCUT2D eigenvalue weighted by atomic mass is 79.9. The molecule has 1 unspecified atom stereocenters. The number of benzene rings is 4. The van der Waals surface area contributed by atoms with Gasteiger partial charge in [-0.3, -0.25) is 24.0 Å². The van der Waals surface area contributed by atoms with Crippen molar-refractivity contribution in [2.75, 3.05) is 24.5 Å². The fourth-order valence-corrected chi connectivity index (χ4v) is 6.91. The number of ether oxygens (including phenoxy) is 1. The van der Waals surface area contributed by atoms with E-state index in [1.165, 1.54) is 43.2 Å². The number of amides is 2. The number of nitro benzene ring substituents is 1. The predicted molar refractivity (Wildman–Crippen MR) is 183 cm³/mol. The van der Waals surface area contributed by atoms with E-state index < -0.39 is 39.3 Å². The molecule has 1 atom stereocenters. The number of sulfonamides is 1. The third-order valence-corrected chi connectivity index (χ3v) is 9.73. The Bertz CT molecular complexity index is 1840. The van der Waals surface area contributed by atoms with Gasteiger partial charge in [-0.1, -0.05) is 64.5 Å². The first-order valence-corrected chi connectivity index (χ1v) is 16.9. The molecule has 0 aliphatic heterocycles. The van der Waals surface area contributed by atoms with Gasteiger partial charge in [0.15, 0.2) is 0 Å². The molecule has 4 rings (SSSR count). The van der Waals surface area contributed by atoms with Crippen LogP contribution in [0, 0.1) is 17.0 Å². The summed E-state index contributed by atoms with van der Waals surface area (Å²) in [7, 11) is -3.07. The second-order valence-electron chi connectivity index (χ2n) is 10.7. The summed E-state index contributed by atoms with van der Waals surface area (Å²) in [5, 5.41) is 14.5. The van der Waals surface area contributed by atoms with Crippen molar-refractivity contribution in [1.82, 2.24) is 10.2 Å². The SMILES string of the molecule is CCNC(=O)C(Cc1ccccc1)N(Cc1cccc(Br)c1)C(=O)CN(c1ccc(OC)cc1)S(=O)(=O)c1ccc(C)c([N+](=O)[O-])c1.